The predicted octanol–water partition coefficient (Wildman–Crippen LogP) is 3.74. The minimum absolute atomic E-state index is 0.241. The second-order valence-corrected chi connectivity index (χ2v) is 6.21. The van der Waals surface area contributed by atoms with Gasteiger partial charge >= 0.3 is 12.1 Å². The summed E-state index contributed by atoms with van der Waals surface area (Å²) in [6, 6.07) is 18.5. The number of hydrogen-bond acceptors (Lipinski definition) is 5. The van der Waals surface area contributed by atoms with E-state index in [0.717, 1.165) is 24.0 Å². The highest BCUT2D eigenvalue weighted by molar-refractivity contribution is 5.83. The predicted molar refractivity (Wildman–Crippen MR) is 108 cm³/mol. The van der Waals surface area contributed by atoms with Gasteiger partial charge in [0.05, 0.1) is 7.11 Å². The number of benzene rings is 2. The molecule has 2 aromatic rings. The molecule has 0 heterocycles. The van der Waals surface area contributed by atoms with Gasteiger partial charge in [0.1, 0.15) is 12.6 Å². The summed E-state index contributed by atoms with van der Waals surface area (Å²) in [5, 5.41) is 2.71. The molecule has 0 aromatic heterocycles. The summed E-state index contributed by atoms with van der Waals surface area (Å²) in [5.74, 6) is -0.359. The number of ether oxygens (including phenoxy) is 2. The number of alkyl carbamates (subject to hydrolysis) is 1. The molecule has 0 spiro atoms. The number of hydrogen-bond donors (Lipinski definition) is 1. The van der Waals surface area contributed by atoms with Gasteiger partial charge < -0.3 is 14.8 Å². The van der Waals surface area contributed by atoms with Crippen LogP contribution >= 0.6 is 0 Å². The number of methoxy groups -OCH3 is 1. The highest BCUT2D eigenvalue weighted by atomic mass is 16.5. The van der Waals surface area contributed by atoms with Crippen LogP contribution < -0.4 is 5.32 Å². The van der Waals surface area contributed by atoms with Gasteiger partial charge in [0.2, 0.25) is 0 Å². The van der Waals surface area contributed by atoms with Crippen molar-refractivity contribution < 1.29 is 19.1 Å². The number of nitrogens with one attached hydrogen (secondary N) is 1. The van der Waals surface area contributed by atoms with Gasteiger partial charge in [-0.3, -0.25) is 4.99 Å². The van der Waals surface area contributed by atoms with Crippen molar-refractivity contribution in [2.24, 2.45) is 4.99 Å². The van der Waals surface area contributed by atoms with Gasteiger partial charge in [-0.15, -0.1) is 0 Å². The van der Waals surface area contributed by atoms with Crippen molar-refractivity contribution in [3.8, 4) is 0 Å². The Morgan fingerprint density at radius 1 is 1.04 bits per heavy atom. The third-order valence-electron chi connectivity index (χ3n) is 4.06. The van der Waals surface area contributed by atoms with Gasteiger partial charge in [-0.25, -0.2) is 9.59 Å². The number of aliphatic imine (C=N–C) groups is 1. The molecular weight excluding hydrogens is 356 g/mol. The van der Waals surface area contributed by atoms with Crippen LogP contribution in [0.1, 0.15) is 30.4 Å². The maximum atomic E-state index is 11.9. The zero-order chi connectivity index (χ0) is 20.0. The highest BCUT2D eigenvalue weighted by Crippen LogP contribution is 2.08. The third-order valence-corrected chi connectivity index (χ3v) is 4.06. The number of nitrogens with zero attached hydrogens (tertiary/aromatic N) is 1. The lowest BCUT2D eigenvalue weighted by molar-refractivity contribution is -0.142. The first-order chi connectivity index (χ1) is 13.7. The van der Waals surface area contributed by atoms with Gasteiger partial charge in [0.15, 0.2) is 0 Å². The van der Waals surface area contributed by atoms with Gasteiger partial charge in [0, 0.05) is 12.8 Å². The van der Waals surface area contributed by atoms with E-state index in [-0.39, 0.29) is 12.6 Å². The summed E-state index contributed by atoms with van der Waals surface area (Å²) in [7, 11) is 1.36. The molecule has 6 heteroatoms. The van der Waals surface area contributed by atoms with Gasteiger partial charge in [-0.1, -0.05) is 60.7 Å². The van der Waals surface area contributed by atoms with Crippen molar-refractivity contribution in [3.05, 3.63) is 71.8 Å². The van der Waals surface area contributed by atoms with Crippen LogP contribution in [-0.2, 0) is 20.9 Å². The van der Waals surface area contributed by atoms with E-state index in [4.69, 9.17) is 9.47 Å². The van der Waals surface area contributed by atoms with E-state index < -0.39 is 12.1 Å². The molecule has 0 radical (unpaired) electrons. The van der Waals surface area contributed by atoms with Crippen LogP contribution in [0, 0.1) is 0 Å². The molecule has 2 aromatic carbocycles. The Balaban J connectivity index is 1.66. The largest absolute Gasteiger partial charge is 0.467 e. The van der Waals surface area contributed by atoms with E-state index >= 15 is 0 Å². The molecule has 0 bridgehead atoms. The summed E-state index contributed by atoms with van der Waals surface area (Å²) in [5.41, 5.74) is 1.87. The number of carbonyl (C=O) groups excluding carboxylic acids is 2. The summed E-state index contributed by atoms with van der Waals surface area (Å²) < 4.78 is 9.98. The summed E-state index contributed by atoms with van der Waals surface area (Å²) >= 11 is 0. The first-order valence-electron chi connectivity index (χ1n) is 9.29. The Kier molecular flexibility index (Phi) is 9.27. The average Bonchev–Trinajstić information content (AvgIpc) is 2.75. The second-order valence-electron chi connectivity index (χ2n) is 6.21. The van der Waals surface area contributed by atoms with Crippen LogP contribution in [0.3, 0.4) is 0 Å². The van der Waals surface area contributed by atoms with Crippen LogP contribution in [-0.4, -0.2) is 38.0 Å². The topological polar surface area (TPSA) is 77.0 Å². The zero-order valence-corrected chi connectivity index (χ0v) is 16.0. The Bertz CT molecular complexity index is 748. The van der Waals surface area contributed by atoms with Crippen molar-refractivity contribution in [2.45, 2.75) is 31.9 Å². The number of amides is 1. The molecule has 28 heavy (non-hydrogen) atoms. The smallest absolute Gasteiger partial charge is 0.407 e. The van der Waals surface area contributed by atoms with E-state index in [2.05, 4.69) is 10.3 Å². The molecular formula is C22H26N2O4. The maximum absolute atomic E-state index is 11.9. The quantitative estimate of drug-likeness (QED) is 0.386. The molecule has 148 valence electrons. The van der Waals surface area contributed by atoms with Gasteiger partial charge in [-0.05, 0) is 30.4 Å². The molecule has 6 nitrogen and oxygen atoms in total. The first-order valence-corrected chi connectivity index (χ1v) is 9.29. The fraction of sp³-hybridized carbons (Fsp3) is 0.318. The van der Waals surface area contributed by atoms with E-state index in [1.807, 2.05) is 60.7 Å². The minimum atomic E-state index is -0.546. The molecule has 1 N–H and O–H groups in total. The molecule has 2 rings (SSSR count). The van der Waals surface area contributed by atoms with Gasteiger partial charge in [0.25, 0.3) is 0 Å². The Labute approximate surface area is 165 Å². The minimum Gasteiger partial charge on any atom is -0.467 e. The van der Waals surface area contributed by atoms with Crippen LogP contribution in [0.4, 0.5) is 4.79 Å². The van der Waals surface area contributed by atoms with Crippen LogP contribution in [0.15, 0.2) is 65.7 Å². The van der Waals surface area contributed by atoms with Crippen molar-refractivity contribution in [1.29, 1.82) is 0 Å². The second kappa shape index (κ2) is 12.3. The number of unbranched alkanes of at least 4 members (excludes halogenated alkanes) is 1. The van der Waals surface area contributed by atoms with Crippen molar-refractivity contribution >= 4 is 18.3 Å². The fourth-order valence-corrected chi connectivity index (χ4v) is 2.53. The first kappa shape index (κ1) is 21.2. The van der Waals surface area contributed by atoms with Crippen LogP contribution in [0.2, 0.25) is 0 Å². The SMILES string of the molecule is COC(=O)C(CCCCNC(=O)OCc1ccccc1)/N=C/c1ccccc1. The normalized spacial score (nSPS) is 11.8. The van der Waals surface area contributed by atoms with E-state index in [9.17, 15) is 9.59 Å². The van der Waals surface area contributed by atoms with Crippen LogP contribution in [0.25, 0.3) is 0 Å². The standard InChI is InChI=1S/C22H26N2O4/c1-27-21(25)20(24-16-18-10-4-2-5-11-18)14-8-9-15-23-22(26)28-17-19-12-6-3-7-13-19/h2-7,10-13,16,20H,8-9,14-15,17H2,1H3,(H,23,26)/b24-16+. The molecule has 0 aliphatic carbocycles. The van der Waals surface area contributed by atoms with E-state index in [1.165, 1.54) is 7.11 Å². The number of rotatable bonds is 10. The van der Waals surface area contributed by atoms with E-state index in [1.54, 1.807) is 6.21 Å². The lowest BCUT2D eigenvalue weighted by atomic mass is 10.1. The molecule has 1 amide bonds. The lowest BCUT2D eigenvalue weighted by Crippen LogP contribution is -2.26. The molecule has 0 saturated heterocycles. The molecule has 0 fully saturated rings. The molecule has 1 atom stereocenters. The number of esters is 1. The monoisotopic (exact) mass is 382 g/mol. The summed E-state index contributed by atoms with van der Waals surface area (Å²) in [6.45, 7) is 0.717. The summed E-state index contributed by atoms with van der Waals surface area (Å²) in [4.78, 5) is 27.9. The molecule has 0 aliphatic rings. The van der Waals surface area contributed by atoms with Crippen LogP contribution in [0.5, 0.6) is 0 Å². The fourth-order valence-electron chi connectivity index (χ4n) is 2.53. The van der Waals surface area contributed by atoms with Crippen molar-refractivity contribution in [2.75, 3.05) is 13.7 Å². The Morgan fingerprint density at radius 2 is 1.71 bits per heavy atom. The van der Waals surface area contributed by atoms with Gasteiger partial charge in [-0.2, -0.15) is 0 Å². The van der Waals surface area contributed by atoms with Crippen molar-refractivity contribution in [3.63, 3.8) is 0 Å². The molecule has 1 unspecified atom stereocenters. The Morgan fingerprint density at radius 3 is 2.39 bits per heavy atom. The summed E-state index contributed by atoms with van der Waals surface area (Å²) in [6.07, 6.45) is 3.23. The zero-order valence-electron chi connectivity index (χ0n) is 16.0. The average molecular weight is 382 g/mol. The third kappa shape index (κ3) is 8.03. The van der Waals surface area contributed by atoms with Crippen molar-refractivity contribution in [1.82, 2.24) is 5.32 Å². The maximum Gasteiger partial charge on any atom is 0.407 e. The molecule has 0 saturated carbocycles. The number of carbonyl (C=O) groups is 2. The lowest BCUT2D eigenvalue weighted by Gasteiger charge is -2.10. The Hall–Kier alpha value is -3.15. The van der Waals surface area contributed by atoms with E-state index in [0.29, 0.717) is 13.0 Å². The highest BCUT2D eigenvalue weighted by Gasteiger charge is 2.16. The molecule has 0 aliphatic heterocycles.